The lowest BCUT2D eigenvalue weighted by Gasteiger charge is -2.40. The SMILES string of the molecule is CNCC1CCCN1CC(=O)N(C)C1(C#N)CCCCC1. The van der Waals surface area contributed by atoms with Gasteiger partial charge in [-0.3, -0.25) is 9.69 Å². The van der Waals surface area contributed by atoms with Crippen LogP contribution in [0, 0.1) is 11.3 Å². The van der Waals surface area contributed by atoms with Crippen molar-refractivity contribution in [1.29, 1.82) is 5.26 Å². The molecular weight excluding hydrogens is 264 g/mol. The third kappa shape index (κ3) is 3.56. The van der Waals surface area contributed by atoms with E-state index in [1.807, 2.05) is 14.1 Å². The largest absolute Gasteiger partial charge is 0.326 e. The summed E-state index contributed by atoms with van der Waals surface area (Å²) >= 11 is 0. The predicted octanol–water partition coefficient (Wildman–Crippen LogP) is 1.36. The van der Waals surface area contributed by atoms with Gasteiger partial charge in [0.05, 0.1) is 12.6 Å². The maximum Gasteiger partial charge on any atom is 0.237 e. The smallest absolute Gasteiger partial charge is 0.237 e. The Hall–Kier alpha value is -1.12. The molecule has 5 heteroatoms. The topological polar surface area (TPSA) is 59.4 Å². The number of likely N-dealkylation sites (tertiary alicyclic amines) is 1. The van der Waals surface area contributed by atoms with Crippen molar-refractivity contribution in [3.05, 3.63) is 0 Å². The molecule has 2 rings (SSSR count). The van der Waals surface area contributed by atoms with Gasteiger partial charge in [-0.25, -0.2) is 0 Å². The maximum atomic E-state index is 12.6. The quantitative estimate of drug-likeness (QED) is 0.831. The minimum atomic E-state index is -0.562. The minimum Gasteiger partial charge on any atom is -0.326 e. The molecule has 1 atom stereocenters. The van der Waals surface area contributed by atoms with Crippen LogP contribution in [0.4, 0.5) is 0 Å². The third-order valence-electron chi connectivity index (χ3n) is 5.18. The fourth-order valence-electron chi connectivity index (χ4n) is 3.75. The fraction of sp³-hybridized carbons (Fsp3) is 0.875. The molecule has 2 aliphatic rings. The van der Waals surface area contributed by atoms with Gasteiger partial charge in [-0.05, 0) is 39.3 Å². The van der Waals surface area contributed by atoms with Gasteiger partial charge in [-0.15, -0.1) is 0 Å². The van der Waals surface area contributed by atoms with Crippen molar-refractivity contribution in [2.75, 3.05) is 33.7 Å². The standard InChI is InChI=1S/C16H28N4O/c1-18-11-14-7-6-10-20(14)12-15(21)19(2)16(13-17)8-4-3-5-9-16/h14,18H,3-12H2,1-2H3. The number of likely N-dealkylation sites (N-methyl/N-ethyl adjacent to an activating group) is 2. The van der Waals surface area contributed by atoms with E-state index in [1.165, 1.54) is 6.42 Å². The van der Waals surface area contributed by atoms with Gasteiger partial charge in [0.1, 0.15) is 5.54 Å². The number of carbonyl (C=O) groups is 1. The molecule has 118 valence electrons. The molecule has 5 nitrogen and oxygen atoms in total. The second-order valence-electron chi connectivity index (χ2n) is 6.48. The monoisotopic (exact) mass is 292 g/mol. The van der Waals surface area contributed by atoms with Gasteiger partial charge < -0.3 is 10.2 Å². The van der Waals surface area contributed by atoms with Crippen LogP contribution in [0.25, 0.3) is 0 Å². The molecule has 0 aromatic heterocycles. The Bertz CT molecular complexity index is 398. The molecular formula is C16H28N4O. The summed E-state index contributed by atoms with van der Waals surface area (Å²) in [5, 5.41) is 12.8. The fourth-order valence-corrected chi connectivity index (χ4v) is 3.75. The van der Waals surface area contributed by atoms with Gasteiger partial charge >= 0.3 is 0 Å². The highest BCUT2D eigenvalue weighted by Gasteiger charge is 2.39. The van der Waals surface area contributed by atoms with Crippen LogP contribution in [0.15, 0.2) is 0 Å². The van der Waals surface area contributed by atoms with Gasteiger partial charge in [-0.1, -0.05) is 19.3 Å². The zero-order valence-electron chi connectivity index (χ0n) is 13.4. The summed E-state index contributed by atoms with van der Waals surface area (Å²) < 4.78 is 0. The first kappa shape index (κ1) is 16.3. The summed E-state index contributed by atoms with van der Waals surface area (Å²) in [4.78, 5) is 16.6. The Morgan fingerprint density at radius 3 is 2.71 bits per heavy atom. The first-order valence-electron chi connectivity index (χ1n) is 8.19. The molecule has 21 heavy (non-hydrogen) atoms. The van der Waals surface area contributed by atoms with Gasteiger partial charge in [0.2, 0.25) is 5.91 Å². The van der Waals surface area contributed by atoms with Crippen LogP contribution >= 0.6 is 0 Å². The third-order valence-corrected chi connectivity index (χ3v) is 5.18. The Labute approximate surface area is 128 Å². The average molecular weight is 292 g/mol. The molecule has 1 unspecified atom stereocenters. The Morgan fingerprint density at radius 1 is 1.38 bits per heavy atom. The Balaban J connectivity index is 1.97. The number of rotatable bonds is 5. The van der Waals surface area contributed by atoms with Crippen molar-refractivity contribution < 1.29 is 4.79 Å². The summed E-state index contributed by atoms with van der Waals surface area (Å²) in [6, 6.07) is 2.89. The predicted molar refractivity (Wildman–Crippen MR) is 82.7 cm³/mol. The van der Waals surface area contributed by atoms with Gasteiger partial charge in [0.15, 0.2) is 0 Å². The second kappa shape index (κ2) is 7.24. The van der Waals surface area contributed by atoms with E-state index in [-0.39, 0.29) is 5.91 Å². The Kier molecular flexibility index (Phi) is 5.60. The number of carbonyl (C=O) groups excluding carboxylic acids is 1. The van der Waals surface area contributed by atoms with Crippen molar-refractivity contribution in [2.24, 2.45) is 0 Å². The molecule has 0 spiro atoms. The second-order valence-corrected chi connectivity index (χ2v) is 6.48. The molecule has 0 aromatic rings. The lowest BCUT2D eigenvalue weighted by molar-refractivity contribution is -0.136. The molecule has 0 bridgehead atoms. The zero-order chi connectivity index (χ0) is 15.3. The molecule has 1 aliphatic heterocycles. The molecule has 0 radical (unpaired) electrons. The highest BCUT2D eigenvalue weighted by Crippen LogP contribution is 2.32. The van der Waals surface area contributed by atoms with Crippen LogP contribution in [0.1, 0.15) is 44.9 Å². The molecule has 1 aliphatic carbocycles. The van der Waals surface area contributed by atoms with E-state index in [1.54, 1.807) is 4.90 Å². The van der Waals surface area contributed by atoms with Crippen LogP contribution in [0.3, 0.4) is 0 Å². The molecule has 0 aromatic carbocycles. The first-order chi connectivity index (χ1) is 10.1. The van der Waals surface area contributed by atoms with E-state index < -0.39 is 5.54 Å². The van der Waals surface area contributed by atoms with Crippen LogP contribution in [0.2, 0.25) is 0 Å². The zero-order valence-corrected chi connectivity index (χ0v) is 13.4. The lowest BCUT2D eigenvalue weighted by Crippen LogP contribution is -2.53. The lowest BCUT2D eigenvalue weighted by atomic mass is 9.81. The number of hydrogen-bond donors (Lipinski definition) is 1. The summed E-state index contributed by atoms with van der Waals surface area (Å²) in [5.74, 6) is 0.0986. The van der Waals surface area contributed by atoms with Crippen molar-refractivity contribution in [3.8, 4) is 6.07 Å². The number of amides is 1. The van der Waals surface area contributed by atoms with Crippen LogP contribution in [-0.2, 0) is 4.79 Å². The molecule has 1 amide bonds. The van der Waals surface area contributed by atoms with E-state index >= 15 is 0 Å². The van der Waals surface area contributed by atoms with Crippen molar-refractivity contribution in [2.45, 2.75) is 56.5 Å². The Morgan fingerprint density at radius 2 is 2.10 bits per heavy atom. The van der Waals surface area contributed by atoms with E-state index in [9.17, 15) is 10.1 Å². The van der Waals surface area contributed by atoms with Crippen LogP contribution < -0.4 is 5.32 Å². The van der Waals surface area contributed by atoms with E-state index in [2.05, 4.69) is 16.3 Å². The number of nitrogens with one attached hydrogen (secondary N) is 1. The summed E-state index contributed by atoms with van der Waals surface area (Å²) in [6.07, 6.45) is 7.25. The van der Waals surface area contributed by atoms with Gasteiger partial charge in [-0.2, -0.15) is 5.26 Å². The van der Waals surface area contributed by atoms with Crippen molar-refractivity contribution >= 4 is 5.91 Å². The number of nitriles is 1. The molecule has 2 fully saturated rings. The summed E-state index contributed by atoms with van der Waals surface area (Å²) in [7, 11) is 3.77. The van der Waals surface area contributed by atoms with E-state index in [0.717, 1.165) is 51.6 Å². The van der Waals surface area contributed by atoms with Gasteiger partial charge in [0.25, 0.3) is 0 Å². The van der Waals surface area contributed by atoms with E-state index in [0.29, 0.717) is 12.6 Å². The molecule has 1 saturated carbocycles. The van der Waals surface area contributed by atoms with Crippen molar-refractivity contribution in [1.82, 2.24) is 15.1 Å². The normalized spacial score (nSPS) is 25.5. The van der Waals surface area contributed by atoms with Crippen LogP contribution in [-0.4, -0.2) is 61.0 Å². The molecule has 1 saturated heterocycles. The minimum absolute atomic E-state index is 0.0986. The van der Waals surface area contributed by atoms with Gasteiger partial charge in [0, 0.05) is 19.6 Å². The van der Waals surface area contributed by atoms with E-state index in [4.69, 9.17) is 0 Å². The van der Waals surface area contributed by atoms with Crippen molar-refractivity contribution in [3.63, 3.8) is 0 Å². The number of hydrogen-bond acceptors (Lipinski definition) is 4. The molecule has 1 N–H and O–H groups in total. The van der Waals surface area contributed by atoms with Crippen LogP contribution in [0.5, 0.6) is 0 Å². The highest BCUT2D eigenvalue weighted by atomic mass is 16.2. The average Bonchev–Trinajstić information content (AvgIpc) is 2.94. The highest BCUT2D eigenvalue weighted by molar-refractivity contribution is 5.79. The first-order valence-corrected chi connectivity index (χ1v) is 8.19. The summed E-state index contributed by atoms with van der Waals surface area (Å²) in [6.45, 7) is 2.37. The molecule has 1 heterocycles. The summed E-state index contributed by atoms with van der Waals surface area (Å²) in [5.41, 5.74) is -0.562. The number of nitrogens with zero attached hydrogens (tertiary/aromatic N) is 3. The maximum absolute atomic E-state index is 12.6.